The maximum atomic E-state index is 12.5. The van der Waals surface area contributed by atoms with Crippen molar-refractivity contribution < 1.29 is 9.21 Å². The van der Waals surface area contributed by atoms with Crippen LogP contribution in [-0.4, -0.2) is 16.6 Å². The molecule has 3 heterocycles. The van der Waals surface area contributed by atoms with E-state index < -0.39 is 0 Å². The number of hydrogen-bond acceptors (Lipinski definition) is 5. The highest BCUT2D eigenvalue weighted by atomic mass is 16.3. The van der Waals surface area contributed by atoms with E-state index in [0.29, 0.717) is 17.8 Å². The highest BCUT2D eigenvalue weighted by Gasteiger charge is 2.19. The molecule has 26 heavy (non-hydrogen) atoms. The zero-order valence-corrected chi connectivity index (χ0v) is 14.0. The van der Waals surface area contributed by atoms with Gasteiger partial charge >= 0.3 is 0 Å². The second kappa shape index (κ2) is 6.30. The van der Waals surface area contributed by atoms with Gasteiger partial charge in [0, 0.05) is 23.0 Å². The molecule has 6 heteroatoms. The van der Waals surface area contributed by atoms with Crippen molar-refractivity contribution in [3.05, 3.63) is 82.6 Å². The number of amides is 1. The third-order valence-corrected chi connectivity index (χ3v) is 4.29. The first-order chi connectivity index (χ1) is 12.7. The number of carbonyl (C=O) groups excluding carboxylic acids is 1. The lowest BCUT2D eigenvalue weighted by Gasteiger charge is -2.09. The number of carbonyl (C=O) groups is 1. The Kier molecular flexibility index (Phi) is 3.82. The predicted octanol–water partition coefficient (Wildman–Crippen LogP) is 3.46. The van der Waals surface area contributed by atoms with Crippen LogP contribution < -0.4 is 5.32 Å². The van der Waals surface area contributed by atoms with Gasteiger partial charge in [0.1, 0.15) is 11.8 Å². The molecule has 0 atom stereocenters. The number of nitrogens with one attached hydrogen (secondary N) is 1. The standard InChI is InChI=1S/C20H14N4O2/c1-12-6-18(22-10-15(12)8-21)20(25)24-16-3-2-13-9-23-19(17(13)7-16)14-4-5-26-11-14/h2-7,10-11H,9H2,1H3,(H,24,25). The van der Waals surface area contributed by atoms with Gasteiger partial charge in [0.15, 0.2) is 0 Å². The Morgan fingerprint density at radius 3 is 2.92 bits per heavy atom. The number of aryl methyl sites for hydroxylation is 1. The molecule has 0 saturated carbocycles. The number of aromatic nitrogens is 1. The number of nitriles is 1. The molecule has 0 aliphatic carbocycles. The molecule has 0 saturated heterocycles. The molecular weight excluding hydrogens is 328 g/mol. The van der Waals surface area contributed by atoms with E-state index in [2.05, 4.69) is 15.3 Å². The summed E-state index contributed by atoms with van der Waals surface area (Å²) in [6.45, 7) is 2.39. The number of pyridine rings is 1. The Labute approximate surface area is 149 Å². The number of furan rings is 1. The van der Waals surface area contributed by atoms with Gasteiger partial charge in [-0.2, -0.15) is 5.26 Å². The van der Waals surface area contributed by atoms with Crippen molar-refractivity contribution in [1.82, 2.24) is 4.98 Å². The molecule has 1 N–H and O–H groups in total. The molecule has 0 radical (unpaired) electrons. The normalized spacial score (nSPS) is 12.2. The van der Waals surface area contributed by atoms with Crippen molar-refractivity contribution in [2.24, 2.45) is 4.99 Å². The van der Waals surface area contributed by atoms with E-state index in [0.717, 1.165) is 28.0 Å². The maximum absolute atomic E-state index is 12.5. The summed E-state index contributed by atoms with van der Waals surface area (Å²) < 4.78 is 5.14. The van der Waals surface area contributed by atoms with Crippen molar-refractivity contribution in [3.63, 3.8) is 0 Å². The molecule has 0 bridgehead atoms. The molecule has 1 amide bonds. The summed E-state index contributed by atoms with van der Waals surface area (Å²) in [6.07, 6.45) is 4.68. The first-order valence-electron chi connectivity index (χ1n) is 8.04. The molecular formula is C20H14N4O2. The van der Waals surface area contributed by atoms with Crippen LogP contribution in [0.1, 0.15) is 38.3 Å². The smallest absolute Gasteiger partial charge is 0.274 e. The van der Waals surface area contributed by atoms with E-state index in [4.69, 9.17) is 9.68 Å². The fraction of sp³-hybridized carbons (Fsp3) is 0.100. The Balaban J connectivity index is 1.59. The van der Waals surface area contributed by atoms with Crippen LogP contribution in [0.3, 0.4) is 0 Å². The topological polar surface area (TPSA) is 91.3 Å². The number of rotatable bonds is 3. The van der Waals surface area contributed by atoms with Crippen molar-refractivity contribution in [3.8, 4) is 6.07 Å². The Bertz CT molecular complexity index is 1080. The zero-order valence-electron chi connectivity index (χ0n) is 14.0. The third-order valence-electron chi connectivity index (χ3n) is 4.29. The number of aliphatic imine (C=N–C) groups is 1. The molecule has 126 valence electrons. The lowest BCUT2D eigenvalue weighted by Crippen LogP contribution is -2.14. The van der Waals surface area contributed by atoms with Gasteiger partial charge in [0.05, 0.1) is 30.3 Å². The molecule has 0 fully saturated rings. The number of hydrogen-bond donors (Lipinski definition) is 1. The summed E-state index contributed by atoms with van der Waals surface area (Å²) in [4.78, 5) is 21.1. The Morgan fingerprint density at radius 2 is 2.19 bits per heavy atom. The number of benzene rings is 1. The lowest BCUT2D eigenvalue weighted by molar-refractivity contribution is 0.102. The SMILES string of the molecule is Cc1cc(C(=O)Nc2ccc3c(c2)C(c2ccoc2)=NC3)ncc1C#N. The molecule has 1 aliphatic rings. The quantitative estimate of drug-likeness (QED) is 0.789. The summed E-state index contributed by atoms with van der Waals surface area (Å²) in [5.41, 5.74) is 5.96. The van der Waals surface area contributed by atoms with Gasteiger partial charge in [-0.15, -0.1) is 0 Å². The molecule has 6 nitrogen and oxygen atoms in total. The number of nitrogens with zero attached hydrogens (tertiary/aromatic N) is 3. The molecule has 0 spiro atoms. The molecule has 1 aliphatic heterocycles. The maximum Gasteiger partial charge on any atom is 0.274 e. The van der Waals surface area contributed by atoms with Crippen LogP contribution in [0.4, 0.5) is 5.69 Å². The second-order valence-corrected chi connectivity index (χ2v) is 6.00. The van der Waals surface area contributed by atoms with Crippen LogP contribution in [0.5, 0.6) is 0 Å². The van der Waals surface area contributed by atoms with E-state index in [1.807, 2.05) is 30.3 Å². The molecule has 3 aromatic rings. The van der Waals surface area contributed by atoms with Crippen molar-refractivity contribution in [2.45, 2.75) is 13.5 Å². The third kappa shape index (κ3) is 2.76. The zero-order chi connectivity index (χ0) is 18.1. The fourth-order valence-electron chi connectivity index (χ4n) is 2.90. The number of fused-ring (bicyclic) bond motifs is 1. The van der Waals surface area contributed by atoms with E-state index >= 15 is 0 Å². The molecule has 1 aromatic carbocycles. The van der Waals surface area contributed by atoms with Crippen LogP contribution in [-0.2, 0) is 6.54 Å². The highest BCUT2D eigenvalue weighted by Crippen LogP contribution is 2.26. The van der Waals surface area contributed by atoms with E-state index in [1.165, 1.54) is 6.20 Å². The second-order valence-electron chi connectivity index (χ2n) is 6.00. The highest BCUT2D eigenvalue weighted by molar-refractivity contribution is 6.15. The lowest BCUT2D eigenvalue weighted by atomic mass is 10.0. The van der Waals surface area contributed by atoms with Crippen LogP contribution in [0.15, 0.2) is 58.5 Å². The minimum absolute atomic E-state index is 0.269. The van der Waals surface area contributed by atoms with Gasteiger partial charge in [-0.1, -0.05) is 6.07 Å². The Hall–Kier alpha value is -3.72. The van der Waals surface area contributed by atoms with Crippen LogP contribution in [0.2, 0.25) is 0 Å². The summed E-state index contributed by atoms with van der Waals surface area (Å²) in [5, 5.41) is 11.8. The van der Waals surface area contributed by atoms with Crippen LogP contribution >= 0.6 is 0 Å². The van der Waals surface area contributed by atoms with Crippen molar-refractivity contribution in [1.29, 1.82) is 5.26 Å². The van der Waals surface area contributed by atoms with Gasteiger partial charge in [0.2, 0.25) is 0 Å². The van der Waals surface area contributed by atoms with E-state index in [1.54, 1.807) is 25.5 Å². The minimum Gasteiger partial charge on any atom is -0.472 e. The average Bonchev–Trinajstić information content (AvgIpc) is 3.30. The summed E-state index contributed by atoms with van der Waals surface area (Å²) in [7, 11) is 0. The van der Waals surface area contributed by atoms with Gasteiger partial charge in [-0.3, -0.25) is 9.79 Å². The van der Waals surface area contributed by atoms with Crippen molar-refractivity contribution >= 4 is 17.3 Å². The van der Waals surface area contributed by atoms with Gasteiger partial charge in [0.25, 0.3) is 5.91 Å². The van der Waals surface area contributed by atoms with Gasteiger partial charge < -0.3 is 9.73 Å². The first-order valence-corrected chi connectivity index (χ1v) is 8.04. The minimum atomic E-state index is -0.322. The van der Waals surface area contributed by atoms with Crippen LogP contribution in [0.25, 0.3) is 0 Å². The summed E-state index contributed by atoms with van der Waals surface area (Å²) >= 11 is 0. The van der Waals surface area contributed by atoms with Gasteiger partial charge in [-0.25, -0.2) is 4.98 Å². The molecule has 0 unspecified atom stereocenters. The average molecular weight is 342 g/mol. The molecule has 4 rings (SSSR count). The number of anilines is 1. The van der Waals surface area contributed by atoms with Crippen molar-refractivity contribution in [2.75, 3.05) is 5.32 Å². The summed E-state index contributed by atoms with van der Waals surface area (Å²) in [5.74, 6) is -0.322. The molecule has 2 aromatic heterocycles. The summed E-state index contributed by atoms with van der Waals surface area (Å²) in [6, 6.07) is 11.2. The largest absolute Gasteiger partial charge is 0.472 e. The fourth-order valence-corrected chi connectivity index (χ4v) is 2.90. The first kappa shape index (κ1) is 15.8. The van der Waals surface area contributed by atoms with E-state index in [9.17, 15) is 4.79 Å². The van der Waals surface area contributed by atoms with E-state index in [-0.39, 0.29) is 11.6 Å². The predicted molar refractivity (Wildman–Crippen MR) is 96.1 cm³/mol. The van der Waals surface area contributed by atoms with Crippen LogP contribution in [0, 0.1) is 18.3 Å². The monoisotopic (exact) mass is 342 g/mol. The Morgan fingerprint density at radius 1 is 1.31 bits per heavy atom. The van der Waals surface area contributed by atoms with Gasteiger partial charge in [-0.05, 0) is 42.3 Å².